The van der Waals surface area contributed by atoms with E-state index in [9.17, 15) is 33.6 Å². The van der Waals surface area contributed by atoms with Crippen molar-refractivity contribution in [2.75, 3.05) is 138 Å². The first-order valence-electron chi connectivity index (χ1n) is 21.5. The smallest absolute Gasteiger partial charge is 0.222 e. The van der Waals surface area contributed by atoms with Crippen molar-refractivity contribution in [2.45, 2.75) is 71.6 Å². The molecule has 0 bridgehead atoms. The number of carbonyl (C=O) groups excluding carboxylic acids is 7. The van der Waals surface area contributed by atoms with Crippen LogP contribution < -0.4 is 31.9 Å². The highest BCUT2D eigenvalue weighted by atomic mass is 16.5. The second-order valence-corrected chi connectivity index (χ2v) is 13.4. The summed E-state index contributed by atoms with van der Waals surface area (Å²) in [6.07, 6.45) is 2.78. The van der Waals surface area contributed by atoms with Gasteiger partial charge in [0.1, 0.15) is 0 Å². The van der Waals surface area contributed by atoms with E-state index >= 15 is 0 Å². The Balaban J connectivity index is 3.98. The maximum Gasteiger partial charge on any atom is 0.222 e. The molecular formula is C39H72N10O13. The lowest BCUT2D eigenvalue weighted by molar-refractivity contribution is -0.133. The number of ether oxygens (including phenoxy) is 6. The maximum atomic E-state index is 12.7. The average molecular weight is 889 g/mol. The van der Waals surface area contributed by atoms with Crippen molar-refractivity contribution in [3.63, 3.8) is 0 Å². The number of rotatable bonds is 43. The summed E-state index contributed by atoms with van der Waals surface area (Å²) >= 11 is 0. The Morgan fingerprint density at radius 1 is 0.419 bits per heavy atom. The summed E-state index contributed by atoms with van der Waals surface area (Å²) < 4.78 is 32.6. The van der Waals surface area contributed by atoms with E-state index in [4.69, 9.17) is 34.0 Å². The lowest BCUT2D eigenvalue weighted by Crippen LogP contribution is -2.37. The predicted molar refractivity (Wildman–Crippen MR) is 226 cm³/mol. The van der Waals surface area contributed by atoms with Crippen LogP contribution in [0.2, 0.25) is 0 Å². The zero-order chi connectivity index (χ0) is 45.7. The SMILES string of the molecule is CCCNC(=O)CCOCCNC(=O)CCOCCNC(=O)CCOCCN(CCOCCC(=O)NCCOCCC(=O)NCCOCCC(=O)NCCC)C(=O)CCN=[N+]=[N-]. The lowest BCUT2D eigenvalue weighted by atomic mass is 10.3. The molecule has 7 amide bonds. The molecule has 0 aliphatic heterocycles. The van der Waals surface area contributed by atoms with E-state index in [1.54, 1.807) is 0 Å². The fourth-order valence-electron chi connectivity index (χ4n) is 4.77. The molecule has 62 heavy (non-hydrogen) atoms. The van der Waals surface area contributed by atoms with Crippen LogP contribution in [0.5, 0.6) is 0 Å². The normalized spacial score (nSPS) is 10.6. The first-order chi connectivity index (χ1) is 30.1. The van der Waals surface area contributed by atoms with Gasteiger partial charge in [-0.1, -0.05) is 19.0 Å². The second-order valence-electron chi connectivity index (χ2n) is 13.4. The minimum absolute atomic E-state index is 0.00150. The Kier molecular flexibility index (Phi) is 39.8. The van der Waals surface area contributed by atoms with E-state index in [1.165, 1.54) is 4.90 Å². The van der Waals surface area contributed by atoms with Crippen molar-refractivity contribution in [1.82, 2.24) is 36.8 Å². The topological polar surface area (TPSA) is 299 Å². The number of hydrogen-bond acceptors (Lipinski definition) is 14. The molecule has 0 saturated carbocycles. The Hall–Kier alpha value is -4.64. The van der Waals surface area contributed by atoms with Crippen molar-refractivity contribution in [1.29, 1.82) is 0 Å². The number of nitrogens with one attached hydrogen (secondary N) is 6. The molecule has 0 heterocycles. The molecule has 0 spiro atoms. The average Bonchev–Trinajstić information content (AvgIpc) is 3.25. The van der Waals surface area contributed by atoms with Gasteiger partial charge >= 0.3 is 0 Å². The fourth-order valence-corrected chi connectivity index (χ4v) is 4.77. The van der Waals surface area contributed by atoms with E-state index in [2.05, 4.69) is 41.9 Å². The van der Waals surface area contributed by atoms with Crippen LogP contribution in [0.15, 0.2) is 5.11 Å². The van der Waals surface area contributed by atoms with Crippen LogP contribution in [0.3, 0.4) is 0 Å². The second kappa shape index (κ2) is 43.0. The van der Waals surface area contributed by atoms with Gasteiger partial charge in [0.15, 0.2) is 0 Å². The van der Waals surface area contributed by atoms with Gasteiger partial charge in [-0.2, -0.15) is 0 Å². The number of azide groups is 1. The molecular weight excluding hydrogens is 816 g/mol. The molecule has 23 heteroatoms. The molecule has 6 N–H and O–H groups in total. The summed E-state index contributed by atoms with van der Waals surface area (Å²) in [6, 6.07) is 0. The first kappa shape index (κ1) is 57.4. The standard InChI is InChI=1S/C39H72N10O13/c1-3-12-41-33(50)6-21-57-27-15-43-35(52)8-23-59-29-17-45-37(54)10-25-61-31-19-49(39(56)5-14-47-48-40)20-32-62-26-11-38(55)46-18-30-60-24-9-36(53)44-16-28-58-22-7-34(51)42-13-4-2/h3-32H2,1-2H3,(H,41,50)(H,42,51)(H,43,52)(H,44,53)(H,45,54)(H,46,55). The Morgan fingerprint density at radius 3 is 0.968 bits per heavy atom. The summed E-state index contributed by atoms with van der Waals surface area (Å²) in [6.45, 7) is 9.35. The van der Waals surface area contributed by atoms with E-state index in [1.807, 2.05) is 13.8 Å². The summed E-state index contributed by atoms with van der Waals surface area (Å²) in [7, 11) is 0. The minimum atomic E-state index is -0.265. The van der Waals surface area contributed by atoms with Gasteiger partial charge in [0.05, 0.1) is 79.3 Å². The van der Waals surface area contributed by atoms with Crippen LogP contribution >= 0.6 is 0 Å². The molecule has 23 nitrogen and oxygen atoms in total. The summed E-state index contributed by atoms with van der Waals surface area (Å²) in [4.78, 5) is 87.9. The molecule has 356 valence electrons. The molecule has 0 unspecified atom stereocenters. The minimum Gasteiger partial charge on any atom is -0.379 e. The van der Waals surface area contributed by atoms with Gasteiger partial charge in [-0.3, -0.25) is 33.6 Å². The van der Waals surface area contributed by atoms with Crippen molar-refractivity contribution in [3.8, 4) is 0 Å². The Labute approximate surface area is 365 Å². The van der Waals surface area contributed by atoms with Crippen LogP contribution in [-0.2, 0) is 62.0 Å². The third kappa shape index (κ3) is 39.5. The number of amides is 7. The molecule has 0 fully saturated rings. The fraction of sp³-hybridized carbons (Fsp3) is 0.821. The summed E-state index contributed by atoms with van der Waals surface area (Å²) in [5, 5.41) is 19.8. The van der Waals surface area contributed by atoms with Gasteiger partial charge in [0.25, 0.3) is 0 Å². The van der Waals surface area contributed by atoms with Gasteiger partial charge in [-0.05, 0) is 18.4 Å². The zero-order valence-corrected chi connectivity index (χ0v) is 36.8. The zero-order valence-electron chi connectivity index (χ0n) is 36.8. The summed E-state index contributed by atoms with van der Waals surface area (Å²) in [5.74, 6) is -1.28. The molecule has 0 aliphatic carbocycles. The van der Waals surface area contributed by atoms with Gasteiger partial charge in [0.2, 0.25) is 41.4 Å². The number of carbonyl (C=O) groups is 7. The Bertz CT molecular complexity index is 1210. The third-order valence-electron chi connectivity index (χ3n) is 8.11. The first-order valence-corrected chi connectivity index (χ1v) is 21.5. The third-order valence-corrected chi connectivity index (χ3v) is 8.11. The molecule has 0 radical (unpaired) electrons. The lowest BCUT2D eigenvalue weighted by Gasteiger charge is -2.22. The number of hydrogen-bond donors (Lipinski definition) is 6. The molecule has 0 rings (SSSR count). The molecule has 0 aromatic carbocycles. The van der Waals surface area contributed by atoms with Crippen LogP contribution in [0.4, 0.5) is 0 Å². The van der Waals surface area contributed by atoms with Gasteiger partial charge in [-0.15, -0.1) is 0 Å². The predicted octanol–water partition coefficient (Wildman–Crippen LogP) is -0.527. The van der Waals surface area contributed by atoms with Gasteiger partial charge < -0.3 is 65.2 Å². The largest absolute Gasteiger partial charge is 0.379 e. The van der Waals surface area contributed by atoms with Gasteiger partial charge in [0, 0.05) is 109 Å². The van der Waals surface area contributed by atoms with Crippen LogP contribution in [0, 0.1) is 0 Å². The van der Waals surface area contributed by atoms with E-state index < -0.39 is 0 Å². The molecule has 0 atom stereocenters. The maximum absolute atomic E-state index is 12.7. The van der Waals surface area contributed by atoms with E-state index in [-0.39, 0.29) is 185 Å². The van der Waals surface area contributed by atoms with Crippen molar-refractivity contribution < 1.29 is 62.0 Å². The highest BCUT2D eigenvalue weighted by Crippen LogP contribution is 1.98. The monoisotopic (exact) mass is 889 g/mol. The van der Waals surface area contributed by atoms with Crippen molar-refractivity contribution in [3.05, 3.63) is 10.4 Å². The van der Waals surface area contributed by atoms with Crippen molar-refractivity contribution >= 4 is 41.4 Å². The van der Waals surface area contributed by atoms with Crippen molar-refractivity contribution in [2.24, 2.45) is 5.11 Å². The quantitative estimate of drug-likeness (QED) is 0.0195. The highest BCUT2D eigenvalue weighted by molar-refractivity contribution is 5.78. The molecule has 0 aromatic heterocycles. The highest BCUT2D eigenvalue weighted by Gasteiger charge is 2.14. The molecule has 0 aliphatic rings. The van der Waals surface area contributed by atoms with Gasteiger partial charge in [-0.25, -0.2) is 0 Å². The number of nitrogens with zero attached hydrogens (tertiary/aromatic N) is 4. The molecule has 0 aromatic rings. The van der Waals surface area contributed by atoms with Crippen LogP contribution in [-0.4, -0.2) is 184 Å². The summed E-state index contributed by atoms with van der Waals surface area (Å²) in [5.41, 5.74) is 8.54. The van der Waals surface area contributed by atoms with Crippen LogP contribution in [0.25, 0.3) is 10.4 Å². The van der Waals surface area contributed by atoms with Crippen LogP contribution in [0.1, 0.15) is 71.6 Å². The molecule has 0 saturated heterocycles. The van der Waals surface area contributed by atoms with E-state index in [0.717, 1.165) is 12.8 Å². The van der Waals surface area contributed by atoms with E-state index in [0.29, 0.717) is 39.4 Å². The Morgan fingerprint density at radius 2 is 0.694 bits per heavy atom.